The van der Waals surface area contributed by atoms with Gasteiger partial charge in [-0.05, 0) is 129 Å². The van der Waals surface area contributed by atoms with Crippen molar-refractivity contribution in [3.63, 3.8) is 0 Å². The number of benzene rings is 7. The Morgan fingerprint density at radius 2 is 1.20 bits per heavy atom. The largest absolute Gasteiger partial charge is 0.310 e. The van der Waals surface area contributed by atoms with E-state index in [0.29, 0.717) is 5.92 Å². The zero-order valence-corrected chi connectivity index (χ0v) is 28.8. The molecule has 0 fully saturated rings. The Morgan fingerprint density at radius 3 is 1.94 bits per heavy atom. The Morgan fingerprint density at radius 1 is 0.600 bits per heavy atom. The lowest BCUT2D eigenvalue weighted by Crippen LogP contribution is -2.09. The molecule has 1 nitrogen and oxygen atoms in total. The average molecular weight is 644 g/mol. The van der Waals surface area contributed by atoms with Gasteiger partial charge in [-0.2, -0.15) is 0 Å². The number of allylic oxidation sites excluding steroid dienone is 3. The van der Waals surface area contributed by atoms with Crippen molar-refractivity contribution in [1.29, 1.82) is 0 Å². The summed E-state index contributed by atoms with van der Waals surface area (Å²) in [5.41, 5.74) is 15.2. The van der Waals surface area contributed by atoms with Crippen molar-refractivity contribution in [2.45, 2.75) is 26.7 Å². The van der Waals surface area contributed by atoms with Crippen molar-refractivity contribution < 1.29 is 0 Å². The Bertz CT molecular complexity index is 2310. The summed E-state index contributed by atoms with van der Waals surface area (Å²) in [4.78, 5) is 2.33. The summed E-state index contributed by atoms with van der Waals surface area (Å²) < 4.78 is 0. The van der Waals surface area contributed by atoms with E-state index in [1.165, 1.54) is 60.9 Å². The fraction of sp³-hybridized carbons (Fsp3) is 0.102. The van der Waals surface area contributed by atoms with Crippen LogP contribution in [-0.2, 0) is 12.8 Å². The fourth-order valence-corrected chi connectivity index (χ4v) is 7.46. The molecular weight excluding hydrogens is 603 g/mol. The van der Waals surface area contributed by atoms with Gasteiger partial charge in [-0.3, -0.25) is 0 Å². The first-order chi connectivity index (χ1) is 24.6. The van der Waals surface area contributed by atoms with E-state index in [0.717, 1.165) is 29.9 Å². The molecule has 0 radical (unpaired) electrons. The molecule has 0 aromatic heterocycles. The Kier molecular flexibility index (Phi) is 8.72. The molecule has 0 heterocycles. The van der Waals surface area contributed by atoms with Crippen LogP contribution in [0.3, 0.4) is 0 Å². The molecule has 1 unspecified atom stereocenters. The van der Waals surface area contributed by atoms with Crippen LogP contribution in [-0.4, -0.2) is 0 Å². The van der Waals surface area contributed by atoms with Crippen LogP contribution >= 0.6 is 0 Å². The first-order valence-electron chi connectivity index (χ1n) is 17.7. The molecule has 0 saturated carbocycles. The lowest BCUT2D eigenvalue weighted by Gasteiger charge is -2.26. The van der Waals surface area contributed by atoms with Crippen LogP contribution in [0.15, 0.2) is 176 Å². The molecule has 0 amide bonds. The molecule has 1 aliphatic carbocycles. The molecule has 1 aliphatic rings. The van der Waals surface area contributed by atoms with Crippen LogP contribution in [0, 0.1) is 5.92 Å². The van der Waals surface area contributed by atoms with Gasteiger partial charge in [-0.1, -0.05) is 146 Å². The first-order valence-corrected chi connectivity index (χ1v) is 17.7. The zero-order valence-electron chi connectivity index (χ0n) is 28.8. The molecule has 7 aromatic carbocycles. The van der Waals surface area contributed by atoms with Gasteiger partial charge in [0.15, 0.2) is 0 Å². The van der Waals surface area contributed by atoms with E-state index in [4.69, 9.17) is 0 Å². The van der Waals surface area contributed by atoms with Gasteiger partial charge in [-0.25, -0.2) is 0 Å². The standard InChI is InChI=1S/C49H41N/c1-3-36(34-49-47-20-11-10-15-42(47)32-43-22-21-35(2)31-48(43)49)38-23-25-39(26-24-38)40-27-29-45(30-28-40)50(44-17-8-5-9-18-44)46-19-12-16-41(33-46)37-13-6-4-7-14-37/h3-30,32-33,35H,31,34H2,1-2H3/b36-3-. The van der Waals surface area contributed by atoms with Gasteiger partial charge in [0, 0.05) is 17.1 Å². The molecule has 0 aliphatic heterocycles. The van der Waals surface area contributed by atoms with Gasteiger partial charge in [0.1, 0.15) is 0 Å². The third-order valence-electron chi connectivity index (χ3n) is 10.1. The number of nitrogens with zero attached hydrogens (tertiary/aromatic N) is 1. The molecule has 7 aromatic rings. The Hall–Kier alpha value is -5.92. The SMILES string of the molecule is C/C=C(/Cc1c2c(cc3ccccc13)C=CC(C)C2)c1ccc(-c2ccc(N(c3ccccc3)c3cccc(-c4ccccc4)c3)cc2)cc1. The van der Waals surface area contributed by atoms with E-state index in [2.05, 4.69) is 201 Å². The average Bonchev–Trinajstić information content (AvgIpc) is 3.18. The van der Waals surface area contributed by atoms with Crippen molar-refractivity contribution >= 4 is 39.5 Å². The molecule has 0 bridgehead atoms. The minimum atomic E-state index is 0.557. The topological polar surface area (TPSA) is 3.24 Å². The van der Waals surface area contributed by atoms with Gasteiger partial charge >= 0.3 is 0 Å². The molecule has 0 N–H and O–H groups in total. The summed E-state index contributed by atoms with van der Waals surface area (Å²) >= 11 is 0. The zero-order chi connectivity index (χ0) is 33.9. The minimum Gasteiger partial charge on any atom is -0.310 e. The number of hydrogen-bond acceptors (Lipinski definition) is 1. The van der Waals surface area contributed by atoms with Gasteiger partial charge in [0.05, 0.1) is 0 Å². The highest BCUT2D eigenvalue weighted by Crippen LogP contribution is 2.38. The number of anilines is 3. The van der Waals surface area contributed by atoms with Crippen molar-refractivity contribution in [3.05, 3.63) is 198 Å². The van der Waals surface area contributed by atoms with Crippen LogP contribution in [0.5, 0.6) is 0 Å². The van der Waals surface area contributed by atoms with Gasteiger partial charge < -0.3 is 4.90 Å². The predicted molar refractivity (Wildman–Crippen MR) is 215 cm³/mol. The molecule has 242 valence electrons. The summed E-state index contributed by atoms with van der Waals surface area (Å²) in [6, 6.07) is 59.4. The summed E-state index contributed by atoms with van der Waals surface area (Å²) in [5, 5.41) is 2.70. The summed E-state index contributed by atoms with van der Waals surface area (Å²) in [7, 11) is 0. The van der Waals surface area contributed by atoms with Crippen molar-refractivity contribution in [3.8, 4) is 22.3 Å². The van der Waals surface area contributed by atoms with Crippen LogP contribution in [0.25, 0.3) is 44.7 Å². The molecular formula is C49H41N. The highest BCUT2D eigenvalue weighted by molar-refractivity contribution is 5.92. The highest BCUT2D eigenvalue weighted by Gasteiger charge is 2.19. The highest BCUT2D eigenvalue weighted by atomic mass is 15.1. The second-order valence-electron chi connectivity index (χ2n) is 13.4. The third kappa shape index (κ3) is 6.31. The monoisotopic (exact) mass is 643 g/mol. The Balaban J connectivity index is 1.08. The van der Waals surface area contributed by atoms with Crippen LogP contribution in [0.4, 0.5) is 17.1 Å². The molecule has 0 spiro atoms. The van der Waals surface area contributed by atoms with Crippen molar-refractivity contribution in [2.75, 3.05) is 4.90 Å². The number of fused-ring (bicyclic) bond motifs is 2. The Labute approximate surface area is 296 Å². The fourth-order valence-electron chi connectivity index (χ4n) is 7.46. The maximum atomic E-state index is 2.37. The first kappa shape index (κ1) is 31.4. The lowest BCUT2D eigenvalue weighted by molar-refractivity contribution is 0.713. The van der Waals surface area contributed by atoms with Crippen LogP contribution < -0.4 is 4.90 Å². The smallest absolute Gasteiger partial charge is 0.0467 e. The molecule has 0 saturated heterocycles. The van der Waals surface area contributed by atoms with Crippen molar-refractivity contribution in [2.24, 2.45) is 5.92 Å². The second-order valence-corrected chi connectivity index (χ2v) is 13.4. The molecule has 8 rings (SSSR count). The van der Waals surface area contributed by atoms with Gasteiger partial charge in [-0.15, -0.1) is 0 Å². The third-order valence-corrected chi connectivity index (χ3v) is 10.1. The predicted octanol–water partition coefficient (Wildman–Crippen LogP) is 13.5. The van der Waals surface area contributed by atoms with E-state index in [9.17, 15) is 0 Å². The normalized spacial score (nSPS) is 14.0. The summed E-state index contributed by atoms with van der Waals surface area (Å²) in [6.45, 7) is 4.50. The van der Waals surface area contributed by atoms with E-state index in [1.54, 1.807) is 0 Å². The van der Waals surface area contributed by atoms with Crippen LogP contribution in [0.2, 0.25) is 0 Å². The number of hydrogen-bond donors (Lipinski definition) is 0. The second kappa shape index (κ2) is 13.9. The van der Waals surface area contributed by atoms with Crippen molar-refractivity contribution in [1.82, 2.24) is 0 Å². The minimum absolute atomic E-state index is 0.557. The molecule has 50 heavy (non-hydrogen) atoms. The summed E-state index contributed by atoms with van der Waals surface area (Å²) in [6.07, 6.45) is 9.00. The van der Waals surface area contributed by atoms with Crippen LogP contribution in [0.1, 0.15) is 36.1 Å². The molecule has 1 atom stereocenters. The van der Waals surface area contributed by atoms with E-state index < -0.39 is 0 Å². The maximum absolute atomic E-state index is 2.37. The molecule has 1 heteroatoms. The quantitative estimate of drug-likeness (QED) is 0.159. The summed E-state index contributed by atoms with van der Waals surface area (Å²) in [5.74, 6) is 0.557. The van der Waals surface area contributed by atoms with Gasteiger partial charge in [0.2, 0.25) is 0 Å². The number of rotatable bonds is 8. The van der Waals surface area contributed by atoms with E-state index in [-0.39, 0.29) is 0 Å². The number of para-hydroxylation sites is 1. The van der Waals surface area contributed by atoms with E-state index in [1.807, 2.05) is 0 Å². The van der Waals surface area contributed by atoms with Gasteiger partial charge in [0.25, 0.3) is 0 Å². The maximum Gasteiger partial charge on any atom is 0.0467 e. The lowest BCUT2D eigenvalue weighted by atomic mass is 9.82. The van der Waals surface area contributed by atoms with E-state index >= 15 is 0 Å².